The fourth-order valence-electron chi connectivity index (χ4n) is 2.42. The SMILES string of the molecule is CC(C)c1ccc(CCN[C@@H](C(=O)O)c2ccccc2)cc1. The van der Waals surface area contributed by atoms with Crippen molar-refractivity contribution in [3.05, 3.63) is 71.3 Å². The van der Waals surface area contributed by atoms with Crippen molar-refractivity contribution >= 4 is 5.97 Å². The van der Waals surface area contributed by atoms with Gasteiger partial charge in [-0.2, -0.15) is 0 Å². The lowest BCUT2D eigenvalue weighted by atomic mass is 10.0. The van der Waals surface area contributed by atoms with Crippen LogP contribution >= 0.6 is 0 Å². The summed E-state index contributed by atoms with van der Waals surface area (Å²) >= 11 is 0. The molecule has 3 heteroatoms. The van der Waals surface area contributed by atoms with Gasteiger partial charge in [-0.05, 0) is 29.0 Å². The van der Waals surface area contributed by atoms with Gasteiger partial charge in [0.05, 0.1) is 0 Å². The minimum Gasteiger partial charge on any atom is -0.480 e. The molecule has 0 heterocycles. The summed E-state index contributed by atoms with van der Waals surface area (Å²) in [6, 6.07) is 17.2. The van der Waals surface area contributed by atoms with Crippen LogP contribution in [-0.4, -0.2) is 17.6 Å². The van der Waals surface area contributed by atoms with Crippen LogP contribution in [0.3, 0.4) is 0 Å². The van der Waals surface area contributed by atoms with E-state index in [1.54, 1.807) is 0 Å². The molecule has 0 amide bonds. The third-order valence-electron chi connectivity index (χ3n) is 3.79. The molecule has 2 aromatic rings. The van der Waals surface area contributed by atoms with Crippen molar-refractivity contribution in [3.63, 3.8) is 0 Å². The number of benzene rings is 2. The van der Waals surface area contributed by atoms with E-state index in [1.807, 2.05) is 30.3 Å². The van der Waals surface area contributed by atoms with E-state index in [2.05, 4.69) is 43.4 Å². The van der Waals surface area contributed by atoms with Gasteiger partial charge in [0.25, 0.3) is 0 Å². The second-order valence-electron chi connectivity index (χ2n) is 5.78. The van der Waals surface area contributed by atoms with Crippen LogP contribution in [0.4, 0.5) is 0 Å². The average molecular weight is 297 g/mol. The van der Waals surface area contributed by atoms with E-state index in [0.29, 0.717) is 12.5 Å². The molecule has 0 aromatic heterocycles. The number of hydrogen-bond donors (Lipinski definition) is 2. The predicted molar refractivity (Wildman–Crippen MR) is 89.1 cm³/mol. The molecule has 116 valence electrons. The van der Waals surface area contributed by atoms with Gasteiger partial charge in [-0.15, -0.1) is 0 Å². The van der Waals surface area contributed by atoms with Crippen LogP contribution in [-0.2, 0) is 11.2 Å². The van der Waals surface area contributed by atoms with Crippen molar-refractivity contribution in [2.45, 2.75) is 32.2 Å². The first kappa shape index (κ1) is 16.2. The third-order valence-corrected chi connectivity index (χ3v) is 3.79. The molecule has 22 heavy (non-hydrogen) atoms. The molecule has 0 aliphatic heterocycles. The zero-order valence-electron chi connectivity index (χ0n) is 13.1. The number of aliphatic carboxylic acids is 1. The van der Waals surface area contributed by atoms with E-state index in [4.69, 9.17) is 0 Å². The quantitative estimate of drug-likeness (QED) is 0.818. The van der Waals surface area contributed by atoms with E-state index in [0.717, 1.165) is 12.0 Å². The van der Waals surface area contributed by atoms with Crippen LogP contribution in [0.5, 0.6) is 0 Å². The van der Waals surface area contributed by atoms with Crippen molar-refractivity contribution < 1.29 is 9.90 Å². The Morgan fingerprint density at radius 2 is 1.64 bits per heavy atom. The largest absolute Gasteiger partial charge is 0.480 e. The Morgan fingerprint density at radius 3 is 2.18 bits per heavy atom. The molecule has 0 aliphatic rings. The molecule has 3 nitrogen and oxygen atoms in total. The lowest BCUT2D eigenvalue weighted by molar-refractivity contribution is -0.139. The first-order valence-corrected chi connectivity index (χ1v) is 7.68. The standard InChI is InChI=1S/C19H23NO2/c1-14(2)16-10-8-15(9-11-16)12-13-20-18(19(21)22)17-6-4-3-5-7-17/h3-11,14,18,20H,12-13H2,1-2H3,(H,21,22)/t18-/m1/s1. The molecule has 1 atom stereocenters. The number of nitrogens with one attached hydrogen (secondary N) is 1. The molecule has 0 spiro atoms. The van der Waals surface area contributed by atoms with Crippen molar-refractivity contribution in [1.29, 1.82) is 0 Å². The monoisotopic (exact) mass is 297 g/mol. The van der Waals surface area contributed by atoms with Gasteiger partial charge in [-0.25, -0.2) is 0 Å². The Kier molecular flexibility index (Phi) is 5.73. The Morgan fingerprint density at radius 1 is 1.00 bits per heavy atom. The molecule has 0 aliphatic carbocycles. The maximum Gasteiger partial charge on any atom is 0.325 e. The van der Waals surface area contributed by atoms with Gasteiger partial charge >= 0.3 is 5.97 Å². The van der Waals surface area contributed by atoms with Gasteiger partial charge in [-0.1, -0.05) is 68.4 Å². The summed E-state index contributed by atoms with van der Waals surface area (Å²) in [5.41, 5.74) is 3.32. The van der Waals surface area contributed by atoms with E-state index in [1.165, 1.54) is 11.1 Å². The molecule has 0 radical (unpaired) electrons. The molecular weight excluding hydrogens is 274 g/mol. The van der Waals surface area contributed by atoms with Crippen LogP contribution < -0.4 is 5.32 Å². The van der Waals surface area contributed by atoms with Gasteiger partial charge in [-0.3, -0.25) is 4.79 Å². The number of rotatable bonds is 7. The summed E-state index contributed by atoms with van der Waals surface area (Å²) in [7, 11) is 0. The normalized spacial score (nSPS) is 12.3. The third kappa shape index (κ3) is 4.43. The molecule has 0 bridgehead atoms. The Balaban J connectivity index is 1.92. The highest BCUT2D eigenvalue weighted by molar-refractivity contribution is 5.75. The number of carboxylic acid groups (broad SMARTS) is 1. The maximum absolute atomic E-state index is 11.4. The summed E-state index contributed by atoms with van der Waals surface area (Å²) in [5.74, 6) is -0.317. The highest BCUT2D eigenvalue weighted by atomic mass is 16.4. The molecule has 0 saturated heterocycles. The Bertz CT molecular complexity index is 591. The summed E-state index contributed by atoms with van der Waals surface area (Å²) in [5, 5.41) is 12.5. The number of carboxylic acids is 1. The van der Waals surface area contributed by atoms with Gasteiger partial charge in [0.2, 0.25) is 0 Å². The summed E-state index contributed by atoms with van der Waals surface area (Å²) in [6.07, 6.45) is 0.814. The van der Waals surface area contributed by atoms with Crippen LogP contribution in [0, 0.1) is 0 Å². The fraction of sp³-hybridized carbons (Fsp3) is 0.316. The molecule has 0 unspecified atom stereocenters. The first-order valence-electron chi connectivity index (χ1n) is 7.68. The van der Waals surface area contributed by atoms with E-state index in [-0.39, 0.29) is 0 Å². The van der Waals surface area contributed by atoms with Gasteiger partial charge in [0.15, 0.2) is 0 Å². The lowest BCUT2D eigenvalue weighted by Crippen LogP contribution is -2.30. The first-order chi connectivity index (χ1) is 10.6. The number of hydrogen-bond acceptors (Lipinski definition) is 2. The molecule has 2 rings (SSSR count). The summed E-state index contributed by atoms with van der Waals surface area (Å²) in [4.78, 5) is 11.4. The number of carbonyl (C=O) groups is 1. The minimum atomic E-state index is -0.846. The van der Waals surface area contributed by atoms with Crippen LogP contribution in [0.2, 0.25) is 0 Å². The van der Waals surface area contributed by atoms with Crippen molar-refractivity contribution in [3.8, 4) is 0 Å². The molecule has 2 N–H and O–H groups in total. The van der Waals surface area contributed by atoms with Crippen molar-refractivity contribution in [2.75, 3.05) is 6.54 Å². The second-order valence-corrected chi connectivity index (χ2v) is 5.78. The smallest absolute Gasteiger partial charge is 0.325 e. The predicted octanol–water partition coefficient (Wildman–Crippen LogP) is 3.77. The van der Waals surface area contributed by atoms with E-state index in [9.17, 15) is 9.90 Å². The van der Waals surface area contributed by atoms with Crippen molar-refractivity contribution in [1.82, 2.24) is 5.32 Å². The summed E-state index contributed by atoms with van der Waals surface area (Å²) < 4.78 is 0. The molecule has 0 saturated carbocycles. The highest BCUT2D eigenvalue weighted by Gasteiger charge is 2.18. The van der Waals surface area contributed by atoms with Gasteiger partial charge in [0.1, 0.15) is 6.04 Å². The molecular formula is C19H23NO2. The van der Waals surface area contributed by atoms with Gasteiger partial charge < -0.3 is 10.4 Å². The zero-order valence-corrected chi connectivity index (χ0v) is 13.1. The topological polar surface area (TPSA) is 49.3 Å². The van der Waals surface area contributed by atoms with Crippen molar-refractivity contribution in [2.24, 2.45) is 0 Å². The van der Waals surface area contributed by atoms with Crippen LogP contribution in [0.25, 0.3) is 0 Å². The highest BCUT2D eigenvalue weighted by Crippen LogP contribution is 2.16. The maximum atomic E-state index is 11.4. The minimum absolute atomic E-state index is 0.529. The fourth-order valence-corrected chi connectivity index (χ4v) is 2.42. The summed E-state index contributed by atoms with van der Waals surface area (Å²) in [6.45, 7) is 4.98. The van der Waals surface area contributed by atoms with E-state index >= 15 is 0 Å². The lowest BCUT2D eigenvalue weighted by Gasteiger charge is -2.15. The Labute approximate surface area is 132 Å². The molecule has 0 fully saturated rings. The van der Waals surface area contributed by atoms with E-state index < -0.39 is 12.0 Å². The second kappa shape index (κ2) is 7.76. The van der Waals surface area contributed by atoms with Crippen LogP contribution in [0.1, 0.15) is 42.5 Å². The zero-order chi connectivity index (χ0) is 15.9. The average Bonchev–Trinajstić information content (AvgIpc) is 2.52. The van der Waals surface area contributed by atoms with Crippen LogP contribution in [0.15, 0.2) is 54.6 Å². The Hall–Kier alpha value is -2.13. The van der Waals surface area contributed by atoms with Gasteiger partial charge in [0, 0.05) is 6.54 Å². The molecule has 2 aromatic carbocycles.